The summed E-state index contributed by atoms with van der Waals surface area (Å²) < 4.78 is 7.33. The lowest BCUT2D eigenvalue weighted by atomic mass is 10.1. The minimum absolute atomic E-state index is 0.0306. The summed E-state index contributed by atoms with van der Waals surface area (Å²) in [6.07, 6.45) is 0.0306. The fourth-order valence-corrected chi connectivity index (χ4v) is 3.34. The van der Waals surface area contributed by atoms with E-state index in [1.54, 1.807) is 22.9 Å². The number of amides is 1. The quantitative estimate of drug-likeness (QED) is 0.726. The van der Waals surface area contributed by atoms with Crippen molar-refractivity contribution in [3.05, 3.63) is 70.9 Å². The lowest BCUT2D eigenvalue weighted by Gasteiger charge is -2.24. The monoisotopic (exact) mass is 382 g/mol. The Hall–Kier alpha value is -2.67. The summed E-state index contributed by atoms with van der Waals surface area (Å²) in [4.78, 5) is 11.9. The Labute approximate surface area is 161 Å². The van der Waals surface area contributed by atoms with Crippen molar-refractivity contribution in [2.75, 3.05) is 19.7 Å². The van der Waals surface area contributed by atoms with Gasteiger partial charge >= 0.3 is 0 Å². The number of carbonyl (C=O) groups excluding carboxylic acids is 1. The van der Waals surface area contributed by atoms with Gasteiger partial charge in [0.25, 0.3) is 5.91 Å². The minimum Gasteiger partial charge on any atom is -0.371 e. The van der Waals surface area contributed by atoms with Gasteiger partial charge in [-0.15, -0.1) is 0 Å². The lowest BCUT2D eigenvalue weighted by Crippen LogP contribution is -2.33. The second-order valence-corrected chi connectivity index (χ2v) is 6.79. The molecule has 0 spiro atoms. The third-order valence-electron chi connectivity index (χ3n) is 4.52. The van der Waals surface area contributed by atoms with Crippen LogP contribution in [0.25, 0.3) is 16.9 Å². The van der Waals surface area contributed by atoms with Crippen LogP contribution < -0.4 is 11.1 Å². The molecule has 1 saturated heterocycles. The zero-order valence-corrected chi connectivity index (χ0v) is 15.3. The van der Waals surface area contributed by atoms with Crippen LogP contribution in [-0.2, 0) is 4.74 Å². The standard InChI is InChI=1S/C20H19ClN4O2/c21-15-3-1-2-14(10-15)17-11-18(20(22)26)25(24-17)16-6-4-13(5-7-16)19-12-23-8-9-27-19/h1-7,10-11,19,23H,8-9,12H2,(H2,22,26)/t19-/m1/s1. The van der Waals surface area contributed by atoms with Gasteiger partial charge in [0.1, 0.15) is 5.69 Å². The van der Waals surface area contributed by atoms with E-state index in [1.807, 2.05) is 36.4 Å². The number of benzene rings is 2. The Morgan fingerprint density at radius 3 is 2.70 bits per heavy atom. The van der Waals surface area contributed by atoms with Crippen molar-refractivity contribution in [1.29, 1.82) is 0 Å². The van der Waals surface area contributed by atoms with E-state index in [2.05, 4.69) is 10.4 Å². The maximum Gasteiger partial charge on any atom is 0.267 e. The fraction of sp³-hybridized carbons (Fsp3) is 0.200. The Balaban J connectivity index is 1.69. The normalized spacial score (nSPS) is 17.0. The van der Waals surface area contributed by atoms with Gasteiger partial charge in [0.05, 0.1) is 24.1 Å². The van der Waals surface area contributed by atoms with E-state index in [4.69, 9.17) is 22.1 Å². The molecule has 3 aromatic rings. The topological polar surface area (TPSA) is 82.2 Å². The van der Waals surface area contributed by atoms with E-state index in [1.165, 1.54) is 0 Å². The molecule has 1 amide bonds. The third-order valence-corrected chi connectivity index (χ3v) is 4.75. The number of rotatable bonds is 4. The number of nitrogens with one attached hydrogen (secondary N) is 1. The van der Waals surface area contributed by atoms with E-state index >= 15 is 0 Å². The van der Waals surface area contributed by atoms with E-state index in [0.29, 0.717) is 23.0 Å². The number of ether oxygens (including phenoxy) is 1. The highest BCUT2D eigenvalue weighted by atomic mass is 35.5. The Morgan fingerprint density at radius 1 is 1.22 bits per heavy atom. The summed E-state index contributed by atoms with van der Waals surface area (Å²) in [5.74, 6) is -0.542. The maximum absolute atomic E-state index is 11.9. The molecule has 1 fully saturated rings. The molecule has 138 valence electrons. The molecule has 0 saturated carbocycles. The predicted molar refractivity (Wildman–Crippen MR) is 104 cm³/mol. The molecule has 7 heteroatoms. The van der Waals surface area contributed by atoms with E-state index in [9.17, 15) is 4.79 Å². The van der Waals surface area contributed by atoms with Gasteiger partial charge in [-0.2, -0.15) is 5.10 Å². The first kappa shape index (κ1) is 17.7. The molecule has 27 heavy (non-hydrogen) atoms. The van der Waals surface area contributed by atoms with Gasteiger partial charge in [-0.1, -0.05) is 35.9 Å². The summed E-state index contributed by atoms with van der Waals surface area (Å²) in [6, 6.07) is 16.8. The highest BCUT2D eigenvalue weighted by Crippen LogP contribution is 2.25. The van der Waals surface area contributed by atoms with Gasteiger partial charge in [-0.25, -0.2) is 4.68 Å². The van der Waals surface area contributed by atoms with Crippen LogP contribution in [0.5, 0.6) is 0 Å². The van der Waals surface area contributed by atoms with Crippen molar-refractivity contribution in [2.45, 2.75) is 6.10 Å². The first-order valence-corrected chi connectivity index (χ1v) is 9.08. The number of aromatic nitrogens is 2. The van der Waals surface area contributed by atoms with Gasteiger partial charge in [0.2, 0.25) is 0 Å². The number of halogens is 1. The van der Waals surface area contributed by atoms with Crippen LogP contribution in [0.3, 0.4) is 0 Å². The van der Waals surface area contributed by atoms with Crippen molar-refractivity contribution >= 4 is 17.5 Å². The summed E-state index contributed by atoms with van der Waals surface area (Å²) >= 11 is 6.07. The molecular weight excluding hydrogens is 364 g/mol. The van der Waals surface area contributed by atoms with Gasteiger partial charge in [-0.3, -0.25) is 4.79 Å². The SMILES string of the molecule is NC(=O)c1cc(-c2cccc(Cl)c2)nn1-c1ccc([C@H]2CNCCO2)cc1. The number of hydrogen-bond acceptors (Lipinski definition) is 4. The Morgan fingerprint density at radius 2 is 2.04 bits per heavy atom. The molecule has 3 N–H and O–H groups in total. The second-order valence-electron chi connectivity index (χ2n) is 6.36. The number of nitrogens with two attached hydrogens (primary N) is 1. The average Bonchev–Trinajstić information content (AvgIpc) is 3.15. The van der Waals surface area contributed by atoms with Gasteiger partial charge in [0.15, 0.2) is 0 Å². The van der Waals surface area contributed by atoms with Crippen LogP contribution in [0.2, 0.25) is 5.02 Å². The van der Waals surface area contributed by atoms with Crippen molar-refractivity contribution < 1.29 is 9.53 Å². The molecule has 0 aliphatic carbocycles. The first-order chi connectivity index (χ1) is 13.1. The third kappa shape index (κ3) is 3.73. The molecule has 1 aliphatic rings. The number of carbonyl (C=O) groups is 1. The fourth-order valence-electron chi connectivity index (χ4n) is 3.15. The van der Waals surface area contributed by atoms with Gasteiger partial charge in [-0.05, 0) is 35.9 Å². The minimum atomic E-state index is -0.542. The number of nitrogens with zero attached hydrogens (tertiary/aromatic N) is 2. The van der Waals surface area contributed by atoms with Crippen molar-refractivity contribution in [1.82, 2.24) is 15.1 Å². The summed E-state index contributed by atoms with van der Waals surface area (Å²) in [7, 11) is 0. The second kappa shape index (κ2) is 7.52. The molecular formula is C20H19ClN4O2. The number of hydrogen-bond donors (Lipinski definition) is 2. The molecule has 6 nitrogen and oxygen atoms in total. The van der Waals surface area contributed by atoms with Crippen molar-refractivity contribution in [3.8, 4) is 16.9 Å². The highest BCUT2D eigenvalue weighted by Gasteiger charge is 2.18. The maximum atomic E-state index is 11.9. The smallest absolute Gasteiger partial charge is 0.267 e. The van der Waals surface area contributed by atoms with Crippen molar-refractivity contribution in [2.24, 2.45) is 5.73 Å². The predicted octanol–water partition coefficient (Wildman–Crippen LogP) is 2.95. The number of morpholine rings is 1. The summed E-state index contributed by atoms with van der Waals surface area (Å²) in [5, 5.41) is 8.49. The van der Waals surface area contributed by atoms with Crippen LogP contribution in [-0.4, -0.2) is 35.4 Å². The molecule has 0 radical (unpaired) electrons. The summed E-state index contributed by atoms with van der Waals surface area (Å²) in [5.41, 5.74) is 9.17. The van der Waals surface area contributed by atoms with Crippen LogP contribution in [0.1, 0.15) is 22.2 Å². The van der Waals surface area contributed by atoms with E-state index < -0.39 is 5.91 Å². The zero-order valence-electron chi connectivity index (χ0n) is 14.6. The number of primary amides is 1. The molecule has 1 aliphatic heterocycles. The molecule has 0 unspecified atom stereocenters. The molecule has 1 aromatic heterocycles. The van der Waals surface area contributed by atoms with Crippen LogP contribution in [0, 0.1) is 0 Å². The van der Waals surface area contributed by atoms with Crippen molar-refractivity contribution in [3.63, 3.8) is 0 Å². The molecule has 4 rings (SSSR count). The molecule has 0 bridgehead atoms. The van der Waals surface area contributed by atoms with Crippen LogP contribution in [0.4, 0.5) is 0 Å². The largest absolute Gasteiger partial charge is 0.371 e. The molecule has 2 heterocycles. The zero-order chi connectivity index (χ0) is 18.8. The Kier molecular flexibility index (Phi) is 4.94. The van der Waals surface area contributed by atoms with Gasteiger partial charge < -0.3 is 15.8 Å². The van der Waals surface area contributed by atoms with E-state index in [-0.39, 0.29) is 6.10 Å². The summed E-state index contributed by atoms with van der Waals surface area (Å²) in [6.45, 7) is 2.35. The molecule has 2 aromatic carbocycles. The Bertz CT molecular complexity index is 962. The lowest BCUT2D eigenvalue weighted by molar-refractivity contribution is 0.0277. The van der Waals surface area contributed by atoms with Crippen LogP contribution >= 0.6 is 11.6 Å². The van der Waals surface area contributed by atoms with Gasteiger partial charge in [0, 0.05) is 23.7 Å². The average molecular weight is 383 g/mol. The first-order valence-electron chi connectivity index (χ1n) is 8.70. The van der Waals surface area contributed by atoms with E-state index in [0.717, 1.165) is 29.9 Å². The highest BCUT2D eigenvalue weighted by molar-refractivity contribution is 6.30. The van der Waals surface area contributed by atoms with Crippen LogP contribution in [0.15, 0.2) is 54.6 Å². The molecule has 1 atom stereocenters.